The van der Waals surface area contributed by atoms with Gasteiger partial charge in [0.1, 0.15) is 11.6 Å². The van der Waals surface area contributed by atoms with Gasteiger partial charge in [0.25, 0.3) is 0 Å². The minimum Gasteiger partial charge on any atom is -0.327 e. The third-order valence-corrected chi connectivity index (χ3v) is 3.47. The zero-order valence-electron chi connectivity index (χ0n) is 10.8. The SMILES string of the molecule is CC(c1ccccc1)C(N)Cc1c(F)cccc1F. The predicted molar refractivity (Wildman–Crippen MR) is 72.9 cm³/mol. The van der Waals surface area contributed by atoms with Crippen molar-refractivity contribution in [2.24, 2.45) is 5.73 Å². The second-order valence-corrected chi connectivity index (χ2v) is 4.77. The molecule has 0 amide bonds. The third kappa shape index (κ3) is 3.18. The van der Waals surface area contributed by atoms with Gasteiger partial charge < -0.3 is 5.73 Å². The Balaban J connectivity index is 2.15. The Hall–Kier alpha value is -1.74. The molecule has 0 aliphatic rings. The largest absolute Gasteiger partial charge is 0.327 e. The molecule has 0 spiro atoms. The molecule has 2 atom stereocenters. The Morgan fingerprint density at radius 1 is 0.947 bits per heavy atom. The number of rotatable bonds is 4. The lowest BCUT2D eigenvalue weighted by Crippen LogP contribution is -2.30. The van der Waals surface area contributed by atoms with E-state index in [1.807, 2.05) is 37.3 Å². The number of nitrogens with two attached hydrogens (primary N) is 1. The molecule has 2 aromatic carbocycles. The van der Waals surface area contributed by atoms with Gasteiger partial charge in [-0.3, -0.25) is 0 Å². The Morgan fingerprint density at radius 2 is 1.53 bits per heavy atom. The molecule has 2 unspecified atom stereocenters. The van der Waals surface area contributed by atoms with Crippen LogP contribution in [0.25, 0.3) is 0 Å². The molecule has 3 heteroatoms. The van der Waals surface area contributed by atoms with Gasteiger partial charge in [-0.05, 0) is 30.0 Å². The molecule has 0 radical (unpaired) electrons. The quantitative estimate of drug-likeness (QED) is 0.893. The van der Waals surface area contributed by atoms with Crippen LogP contribution in [0.15, 0.2) is 48.5 Å². The van der Waals surface area contributed by atoms with E-state index in [0.29, 0.717) is 0 Å². The summed E-state index contributed by atoms with van der Waals surface area (Å²) in [5.74, 6) is -1.02. The number of hydrogen-bond donors (Lipinski definition) is 1. The fourth-order valence-electron chi connectivity index (χ4n) is 2.14. The van der Waals surface area contributed by atoms with Gasteiger partial charge in [0, 0.05) is 11.6 Å². The van der Waals surface area contributed by atoms with Crippen molar-refractivity contribution in [3.05, 3.63) is 71.3 Å². The van der Waals surface area contributed by atoms with E-state index in [4.69, 9.17) is 5.73 Å². The van der Waals surface area contributed by atoms with Gasteiger partial charge in [-0.1, -0.05) is 43.3 Å². The lowest BCUT2D eigenvalue weighted by Gasteiger charge is -2.21. The topological polar surface area (TPSA) is 26.0 Å². The molecule has 19 heavy (non-hydrogen) atoms. The van der Waals surface area contributed by atoms with E-state index in [1.54, 1.807) is 0 Å². The molecule has 0 saturated heterocycles. The average Bonchev–Trinajstić information content (AvgIpc) is 2.43. The Morgan fingerprint density at radius 3 is 2.11 bits per heavy atom. The van der Waals surface area contributed by atoms with Crippen molar-refractivity contribution in [2.75, 3.05) is 0 Å². The van der Waals surface area contributed by atoms with E-state index in [2.05, 4.69) is 0 Å². The predicted octanol–water partition coefficient (Wildman–Crippen LogP) is 3.64. The van der Waals surface area contributed by atoms with Crippen molar-refractivity contribution >= 4 is 0 Å². The van der Waals surface area contributed by atoms with Gasteiger partial charge in [-0.2, -0.15) is 0 Å². The summed E-state index contributed by atoms with van der Waals surface area (Å²) in [4.78, 5) is 0. The van der Waals surface area contributed by atoms with E-state index in [9.17, 15) is 8.78 Å². The van der Waals surface area contributed by atoms with Crippen LogP contribution < -0.4 is 5.73 Å². The third-order valence-electron chi connectivity index (χ3n) is 3.47. The summed E-state index contributed by atoms with van der Waals surface area (Å²) >= 11 is 0. The van der Waals surface area contributed by atoms with Crippen molar-refractivity contribution in [3.63, 3.8) is 0 Å². The molecule has 1 nitrogen and oxygen atoms in total. The monoisotopic (exact) mass is 261 g/mol. The summed E-state index contributed by atoms with van der Waals surface area (Å²) in [5.41, 5.74) is 7.23. The van der Waals surface area contributed by atoms with Crippen LogP contribution in [0.2, 0.25) is 0 Å². The van der Waals surface area contributed by atoms with Crippen LogP contribution in [-0.4, -0.2) is 6.04 Å². The van der Waals surface area contributed by atoms with Gasteiger partial charge in [-0.25, -0.2) is 8.78 Å². The Labute approximate surface area is 112 Å². The van der Waals surface area contributed by atoms with Crippen molar-refractivity contribution in [2.45, 2.75) is 25.3 Å². The van der Waals surface area contributed by atoms with Crippen LogP contribution in [0.4, 0.5) is 8.78 Å². The summed E-state index contributed by atoms with van der Waals surface area (Å²) in [6, 6.07) is 13.3. The standard InChI is InChI=1S/C16H17F2N/c1-11(12-6-3-2-4-7-12)16(19)10-13-14(17)8-5-9-15(13)18/h2-9,11,16H,10,19H2,1H3. The van der Waals surface area contributed by atoms with Crippen LogP contribution >= 0.6 is 0 Å². The maximum atomic E-state index is 13.6. The number of halogens is 2. The van der Waals surface area contributed by atoms with E-state index in [-0.39, 0.29) is 23.9 Å². The second-order valence-electron chi connectivity index (χ2n) is 4.77. The highest BCUT2D eigenvalue weighted by molar-refractivity contribution is 5.24. The first-order valence-corrected chi connectivity index (χ1v) is 6.33. The van der Waals surface area contributed by atoms with Crippen LogP contribution in [-0.2, 0) is 6.42 Å². The van der Waals surface area contributed by atoms with Crippen molar-refractivity contribution < 1.29 is 8.78 Å². The molecular weight excluding hydrogens is 244 g/mol. The molecule has 100 valence electrons. The zero-order chi connectivity index (χ0) is 13.8. The molecule has 2 rings (SSSR count). The number of hydrogen-bond acceptors (Lipinski definition) is 1. The number of benzene rings is 2. The summed E-state index contributed by atoms with van der Waals surface area (Å²) in [5, 5.41) is 0. The van der Waals surface area contributed by atoms with Crippen LogP contribution in [0, 0.1) is 11.6 Å². The fraction of sp³-hybridized carbons (Fsp3) is 0.250. The molecular formula is C16H17F2N. The van der Waals surface area contributed by atoms with E-state index in [0.717, 1.165) is 5.56 Å². The molecule has 0 saturated carbocycles. The first-order chi connectivity index (χ1) is 9.09. The summed E-state index contributed by atoms with van der Waals surface area (Å²) < 4.78 is 27.2. The van der Waals surface area contributed by atoms with Gasteiger partial charge in [0.05, 0.1) is 0 Å². The maximum absolute atomic E-state index is 13.6. The lowest BCUT2D eigenvalue weighted by atomic mass is 9.89. The summed E-state index contributed by atoms with van der Waals surface area (Å²) in [6.45, 7) is 1.97. The molecule has 0 aromatic heterocycles. The summed E-state index contributed by atoms with van der Waals surface area (Å²) in [7, 11) is 0. The van der Waals surface area contributed by atoms with E-state index >= 15 is 0 Å². The molecule has 0 aliphatic heterocycles. The van der Waals surface area contributed by atoms with Crippen molar-refractivity contribution in [3.8, 4) is 0 Å². The minimum atomic E-state index is -0.532. The fourth-order valence-corrected chi connectivity index (χ4v) is 2.14. The van der Waals surface area contributed by atoms with E-state index < -0.39 is 11.6 Å². The molecule has 0 heterocycles. The van der Waals surface area contributed by atoms with E-state index in [1.165, 1.54) is 18.2 Å². The molecule has 2 N–H and O–H groups in total. The molecule has 0 fully saturated rings. The van der Waals surface area contributed by atoms with Gasteiger partial charge in [-0.15, -0.1) is 0 Å². The normalized spacial score (nSPS) is 14.1. The van der Waals surface area contributed by atoms with Gasteiger partial charge >= 0.3 is 0 Å². The highest BCUT2D eigenvalue weighted by Gasteiger charge is 2.19. The Kier molecular flexibility index (Phi) is 4.27. The van der Waals surface area contributed by atoms with Crippen LogP contribution in [0.1, 0.15) is 24.0 Å². The molecule has 2 aromatic rings. The highest BCUT2D eigenvalue weighted by atomic mass is 19.1. The first-order valence-electron chi connectivity index (χ1n) is 6.33. The highest BCUT2D eigenvalue weighted by Crippen LogP contribution is 2.22. The van der Waals surface area contributed by atoms with Crippen molar-refractivity contribution in [1.29, 1.82) is 0 Å². The molecule has 0 bridgehead atoms. The average molecular weight is 261 g/mol. The van der Waals surface area contributed by atoms with Gasteiger partial charge in [0.15, 0.2) is 0 Å². The smallest absolute Gasteiger partial charge is 0.129 e. The second kappa shape index (κ2) is 5.93. The minimum absolute atomic E-state index is 0.0419. The van der Waals surface area contributed by atoms with Crippen LogP contribution in [0.5, 0.6) is 0 Å². The van der Waals surface area contributed by atoms with Gasteiger partial charge in [0.2, 0.25) is 0 Å². The summed E-state index contributed by atoms with van der Waals surface area (Å²) in [6.07, 6.45) is 0.189. The Bertz CT molecular complexity index is 519. The van der Waals surface area contributed by atoms with Crippen LogP contribution in [0.3, 0.4) is 0 Å². The molecule has 0 aliphatic carbocycles. The lowest BCUT2D eigenvalue weighted by molar-refractivity contribution is 0.507. The zero-order valence-corrected chi connectivity index (χ0v) is 10.8. The van der Waals surface area contributed by atoms with Crippen molar-refractivity contribution in [1.82, 2.24) is 0 Å². The maximum Gasteiger partial charge on any atom is 0.129 e. The first kappa shape index (κ1) is 13.7.